The van der Waals surface area contributed by atoms with E-state index in [1.54, 1.807) is 0 Å². The Kier molecular flexibility index (Phi) is 4.56. The highest BCUT2D eigenvalue weighted by Crippen LogP contribution is 2.32. The highest BCUT2D eigenvalue weighted by molar-refractivity contribution is 5.69. The standard InChI is InChI=1S/C18H28N4O2/c1-13-11-19-16-10-14(20-22(16)12-13)15-8-6-5-7-9-21(15)17(23)24-18(2,3)4/h10,12,15,19H,5-9,11H2,1-4H3. The van der Waals surface area contributed by atoms with Crippen LogP contribution >= 0.6 is 0 Å². The van der Waals surface area contributed by atoms with Crippen LogP contribution in [0.3, 0.4) is 0 Å². The molecule has 0 saturated carbocycles. The Labute approximate surface area is 143 Å². The molecule has 1 saturated heterocycles. The third-order valence-electron chi connectivity index (χ3n) is 4.37. The van der Waals surface area contributed by atoms with Gasteiger partial charge in [-0.15, -0.1) is 0 Å². The minimum atomic E-state index is -0.483. The zero-order chi connectivity index (χ0) is 17.3. The second-order valence-electron chi connectivity index (χ2n) is 7.77. The summed E-state index contributed by atoms with van der Waals surface area (Å²) in [6.07, 6.45) is 6.00. The Bertz CT molecular complexity index is 642. The van der Waals surface area contributed by atoms with Crippen LogP contribution in [0.15, 0.2) is 11.6 Å². The number of carbonyl (C=O) groups excluding carboxylic acids is 1. The first-order valence-electron chi connectivity index (χ1n) is 8.84. The maximum atomic E-state index is 12.7. The van der Waals surface area contributed by atoms with Crippen molar-refractivity contribution in [1.82, 2.24) is 14.7 Å². The molecule has 3 rings (SSSR count). The minimum Gasteiger partial charge on any atom is -0.444 e. The summed E-state index contributed by atoms with van der Waals surface area (Å²) in [5, 5.41) is 8.09. The van der Waals surface area contributed by atoms with Crippen LogP contribution in [0.5, 0.6) is 0 Å². The predicted octanol–water partition coefficient (Wildman–Crippen LogP) is 4.02. The summed E-state index contributed by atoms with van der Waals surface area (Å²) < 4.78 is 7.51. The number of rotatable bonds is 1. The van der Waals surface area contributed by atoms with E-state index >= 15 is 0 Å². The first kappa shape index (κ1) is 16.9. The Morgan fingerprint density at radius 2 is 2.12 bits per heavy atom. The molecule has 1 atom stereocenters. The minimum absolute atomic E-state index is 0.0176. The van der Waals surface area contributed by atoms with Gasteiger partial charge in [-0.25, -0.2) is 9.48 Å². The number of nitrogens with one attached hydrogen (secondary N) is 1. The molecule has 1 unspecified atom stereocenters. The zero-order valence-corrected chi connectivity index (χ0v) is 15.1. The fraction of sp³-hybridized carbons (Fsp3) is 0.667. The van der Waals surface area contributed by atoms with E-state index in [4.69, 9.17) is 9.84 Å². The summed E-state index contributed by atoms with van der Waals surface area (Å²) in [4.78, 5) is 14.6. The van der Waals surface area contributed by atoms with Crippen LogP contribution in [0, 0.1) is 0 Å². The molecule has 1 aromatic rings. The highest BCUT2D eigenvalue weighted by Gasteiger charge is 2.32. The monoisotopic (exact) mass is 332 g/mol. The normalized spacial score (nSPS) is 21.4. The lowest BCUT2D eigenvalue weighted by Crippen LogP contribution is -2.39. The van der Waals surface area contributed by atoms with Gasteiger partial charge in [0, 0.05) is 25.4 Å². The number of nitrogens with zero attached hydrogens (tertiary/aromatic N) is 3. The second kappa shape index (κ2) is 6.49. The molecule has 0 aliphatic carbocycles. The predicted molar refractivity (Wildman–Crippen MR) is 94.8 cm³/mol. The number of aromatic nitrogens is 2. The van der Waals surface area contributed by atoms with E-state index < -0.39 is 5.60 Å². The molecular formula is C18H28N4O2. The molecule has 6 heteroatoms. The molecule has 132 valence electrons. The van der Waals surface area contributed by atoms with Gasteiger partial charge in [-0.1, -0.05) is 12.8 Å². The van der Waals surface area contributed by atoms with Crippen LogP contribution in [-0.2, 0) is 4.74 Å². The number of anilines is 1. The van der Waals surface area contributed by atoms with E-state index in [2.05, 4.69) is 18.3 Å². The van der Waals surface area contributed by atoms with Crippen molar-refractivity contribution in [3.8, 4) is 0 Å². The fourth-order valence-corrected chi connectivity index (χ4v) is 3.25. The molecule has 2 aliphatic rings. The van der Waals surface area contributed by atoms with Crippen molar-refractivity contribution in [1.29, 1.82) is 0 Å². The molecule has 0 radical (unpaired) electrons. The molecule has 1 N–H and O–H groups in total. The highest BCUT2D eigenvalue weighted by atomic mass is 16.6. The van der Waals surface area contributed by atoms with Gasteiger partial charge in [-0.05, 0) is 46.1 Å². The van der Waals surface area contributed by atoms with Crippen molar-refractivity contribution in [2.45, 2.75) is 65.0 Å². The van der Waals surface area contributed by atoms with Crippen molar-refractivity contribution < 1.29 is 9.53 Å². The summed E-state index contributed by atoms with van der Waals surface area (Å²) in [7, 11) is 0. The maximum Gasteiger partial charge on any atom is 0.410 e. The average Bonchev–Trinajstić information content (AvgIpc) is 2.73. The van der Waals surface area contributed by atoms with E-state index in [1.165, 1.54) is 5.57 Å². The van der Waals surface area contributed by atoms with Gasteiger partial charge in [0.25, 0.3) is 0 Å². The van der Waals surface area contributed by atoms with Crippen LogP contribution in [0.2, 0.25) is 0 Å². The van der Waals surface area contributed by atoms with Gasteiger partial charge in [-0.3, -0.25) is 4.90 Å². The summed E-state index contributed by atoms with van der Waals surface area (Å²) >= 11 is 0. The molecular weight excluding hydrogens is 304 g/mol. The van der Waals surface area contributed by atoms with Crippen LogP contribution in [0.1, 0.15) is 65.1 Å². The summed E-state index contributed by atoms with van der Waals surface area (Å²) in [6.45, 7) is 9.37. The van der Waals surface area contributed by atoms with Crippen LogP contribution in [0.4, 0.5) is 10.6 Å². The Morgan fingerprint density at radius 1 is 1.33 bits per heavy atom. The van der Waals surface area contributed by atoms with Crippen molar-refractivity contribution in [3.63, 3.8) is 0 Å². The van der Waals surface area contributed by atoms with Gasteiger partial charge < -0.3 is 10.1 Å². The number of fused-ring (bicyclic) bond motifs is 1. The van der Waals surface area contributed by atoms with Gasteiger partial charge in [0.05, 0.1) is 11.7 Å². The summed E-state index contributed by atoms with van der Waals surface area (Å²) in [6, 6.07) is 2.05. The number of likely N-dealkylation sites (tertiary alicyclic amines) is 1. The molecule has 3 heterocycles. The van der Waals surface area contributed by atoms with E-state index in [0.29, 0.717) is 0 Å². The molecule has 1 fully saturated rings. The van der Waals surface area contributed by atoms with Crippen LogP contribution < -0.4 is 5.32 Å². The molecule has 24 heavy (non-hydrogen) atoms. The molecule has 1 aromatic heterocycles. The quantitative estimate of drug-likeness (QED) is 0.844. The molecule has 2 aliphatic heterocycles. The number of carbonyl (C=O) groups is 1. The van der Waals surface area contributed by atoms with Gasteiger partial charge in [0.15, 0.2) is 0 Å². The summed E-state index contributed by atoms with van der Waals surface area (Å²) in [5.41, 5.74) is 1.70. The maximum absolute atomic E-state index is 12.7. The molecule has 0 bridgehead atoms. The zero-order valence-electron chi connectivity index (χ0n) is 15.1. The molecule has 6 nitrogen and oxygen atoms in total. The van der Waals surface area contributed by atoms with Crippen molar-refractivity contribution >= 4 is 18.1 Å². The van der Waals surface area contributed by atoms with Crippen molar-refractivity contribution in [2.24, 2.45) is 0 Å². The van der Waals surface area contributed by atoms with Crippen LogP contribution in [0.25, 0.3) is 6.20 Å². The Balaban J connectivity index is 1.86. The van der Waals surface area contributed by atoms with Crippen LogP contribution in [-0.4, -0.2) is 39.5 Å². The smallest absolute Gasteiger partial charge is 0.410 e. The lowest BCUT2D eigenvalue weighted by molar-refractivity contribution is 0.0159. The van der Waals surface area contributed by atoms with Crippen molar-refractivity contribution in [3.05, 3.63) is 17.3 Å². The first-order valence-corrected chi connectivity index (χ1v) is 8.84. The lowest BCUT2D eigenvalue weighted by atomic mass is 10.1. The van der Waals surface area contributed by atoms with E-state index in [0.717, 1.165) is 50.3 Å². The fourth-order valence-electron chi connectivity index (χ4n) is 3.25. The second-order valence-corrected chi connectivity index (χ2v) is 7.77. The topological polar surface area (TPSA) is 59.4 Å². The van der Waals surface area contributed by atoms with Gasteiger partial charge in [0.2, 0.25) is 0 Å². The van der Waals surface area contributed by atoms with Crippen molar-refractivity contribution in [2.75, 3.05) is 18.4 Å². The number of hydrogen-bond acceptors (Lipinski definition) is 4. The molecule has 1 amide bonds. The van der Waals surface area contributed by atoms with Gasteiger partial charge >= 0.3 is 6.09 Å². The molecule has 0 spiro atoms. The van der Waals surface area contributed by atoms with Gasteiger partial charge in [0.1, 0.15) is 11.4 Å². The third-order valence-corrected chi connectivity index (χ3v) is 4.37. The average molecular weight is 332 g/mol. The SMILES string of the molecule is CC1=Cn2nc(C3CCCCCN3C(=O)OC(C)(C)C)cc2NC1. The first-order chi connectivity index (χ1) is 11.3. The van der Waals surface area contributed by atoms with E-state index in [-0.39, 0.29) is 12.1 Å². The summed E-state index contributed by atoms with van der Waals surface area (Å²) in [5.74, 6) is 0.990. The number of ether oxygens (including phenoxy) is 1. The molecule has 0 aromatic carbocycles. The Hall–Kier alpha value is -1.98. The number of amides is 1. The Morgan fingerprint density at radius 3 is 2.88 bits per heavy atom. The lowest BCUT2D eigenvalue weighted by Gasteiger charge is -2.31. The number of hydrogen-bond donors (Lipinski definition) is 1. The third kappa shape index (κ3) is 3.74. The van der Waals surface area contributed by atoms with E-state index in [1.807, 2.05) is 36.6 Å². The largest absolute Gasteiger partial charge is 0.444 e. The van der Waals surface area contributed by atoms with Gasteiger partial charge in [-0.2, -0.15) is 5.10 Å². The van der Waals surface area contributed by atoms with E-state index in [9.17, 15) is 4.79 Å².